The molecule has 2 aromatic rings. The van der Waals surface area contributed by atoms with Crippen molar-refractivity contribution in [2.75, 3.05) is 0 Å². The molecule has 0 spiro atoms. The van der Waals surface area contributed by atoms with Crippen LogP contribution in [-0.2, 0) is 6.54 Å². The lowest BCUT2D eigenvalue weighted by Gasteiger charge is -1.84. The van der Waals surface area contributed by atoms with Gasteiger partial charge in [0.15, 0.2) is 12.4 Å². The fourth-order valence-electron chi connectivity index (χ4n) is 1.03. The number of hydrogen-bond donors (Lipinski definition) is 0. The summed E-state index contributed by atoms with van der Waals surface area (Å²) >= 11 is 0. The zero-order valence-corrected chi connectivity index (χ0v) is 14.7. The highest BCUT2D eigenvalue weighted by Crippen LogP contribution is 1.80. The maximum Gasteiger partial charge on any atom is 0.168 e. The average Bonchev–Trinajstić information content (AvgIpc) is 2.60. The second kappa shape index (κ2) is 23.2. The van der Waals surface area contributed by atoms with Crippen LogP contribution in [0.2, 0.25) is 0 Å². The summed E-state index contributed by atoms with van der Waals surface area (Å²) in [6, 6.07) is 18.1. The van der Waals surface area contributed by atoms with Crippen LogP contribution in [0.5, 0.6) is 0 Å². The second-order valence-electron chi connectivity index (χ2n) is 3.53. The van der Waals surface area contributed by atoms with Gasteiger partial charge in [0, 0.05) is 12.1 Å². The summed E-state index contributed by atoms with van der Waals surface area (Å²) in [5, 5.41) is 0. The summed E-state index contributed by atoms with van der Waals surface area (Å²) in [5.74, 6) is 0. The van der Waals surface area contributed by atoms with Crippen LogP contribution < -0.4 is 4.57 Å². The molecule has 0 saturated carbocycles. The van der Waals surface area contributed by atoms with Gasteiger partial charge in [0.1, 0.15) is 6.54 Å². The molecule has 1 nitrogen and oxygen atoms in total. The highest BCUT2D eigenvalue weighted by atomic mass is 14.9. The molecular formula is C20H33N. The minimum absolute atomic E-state index is 0. The zero-order valence-electron chi connectivity index (χ0n) is 14.7. The predicted octanol–water partition coefficient (Wildman–Crippen LogP) is 5.74. The van der Waals surface area contributed by atoms with E-state index in [-0.39, 0.29) is 7.43 Å². The molecule has 2 rings (SSSR count). The van der Waals surface area contributed by atoms with Gasteiger partial charge in [0.05, 0.1) is 0 Å². The van der Waals surface area contributed by atoms with Crippen molar-refractivity contribution in [3.63, 3.8) is 0 Å². The van der Waals surface area contributed by atoms with E-state index in [1.165, 1.54) is 0 Å². The van der Waals surface area contributed by atoms with Crippen molar-refractivity contribution in [3.05, 3.63) is 86.6 Å². The van der Waals surface area contributed by atoms with Crippen molar-refractivity contribution in [2.45, 2.75) is 41.2 Å². The van der Waals surface area contributed by atoms with Crippen LogP contribution in [0.1, 0.15) is 34.6 Å². The van der Waals surface area contributed by atoms with Gasteiger partial charge in [-0.1, -0.05) is 68.5 Å². The molecular weight excluding hydrogens is 254 g/mol. The molecule has 0 aliphatic heterocycles. The first-order valence-corrected chi connectivity index (χ1v) is 7.36. The highest BCUT2D eigenvalue weighted by Gasteiger charge is 1.86. The summed E-state index contributed by atoms with van der Waals surface area (Å²) < 4.78 is 2.12. The maximum absolute atomic E-state index is 2.12. The minimum Gasteiger partial charge on any atom is -0.358 e. The molecule has 1 heterocycles. The Morgan fingerprint density at radius 1 is 0.667 bits per heavy atom. The molecule has 1 aromatic carbocycles. The molecule has 0 unspecified atom stereocenters. The smallest absolute Gasteiger partial charge is 0.168 e. The lowest BCUT2D eigenvalue weighted by molar-refractivity contribution is -0.693. The van der Waals surface area contributed by atoms with Gasteiger partial charge in [0.25, 0.3) is 0 Å². The average molecular weight is 287 g/mol. The molecule has 0 aliphatic rings. The Balaban J connectivity index is -0.000000224. The van der Waals surface area contributed by atoms with Crippen molar-refractivity contribution in [2.24, 2.45) is 0 Å². The number of pyridine rings is 1. The maximum atomic E-state index is 2.12. The van der Waals surface area contributed by atoms with Crippen LogP contribution >= 0.6 is 0 Å². The number of hydrogen-bond acceptors (Lipinski definition) is 0. The van der Waals surface area contributed by atoms with Crippen LogP contribution in [0.3, 0.4) is 0 Å². The third-order valence-corrected chi connectivity index (χ3v) is 2.14. The fourth-order valence-corrected chi connectivity index (χ4v) is 1.03. The van der Waals surface area contributed by atoms with Gasteiger partial charge in [-0.25, -0.2) is 4.57 Å². The Morgan fingerprint density at radius 3 is 1.14 bits per heavy atom. The third-order valence-electron chi connectivity index (χ3n) is 2.14. The van der Waals surface area contributed by atoms with Gasteiger partial charge in [0.2, 0.25) is 0 Å². The monoisotopic (exact) mass is 287 g/mol. The van der Waals surface area contributed by atoms with Gasteiger partial charge in [-0.2, -0.15) is 0 Å². The first kappa shape index (κ1) is 24.1. The van der Waals surface area contributed by atoms with E-state index >= 15 is 0 Å². The molecule has 1 heteroatoms. The summed E-state index contributed by atoms with van der Waals surface area (Å²) in [4.78, 5) is 0. The molecule has 21 heavy (non-hydrogen) atoms. The Kier molecular flexibility index (Phi) is 26.7. The van der Waals surface area contributed by atoms with E-state index in [1.54, 1.807) is 0 Å². The van der Waals surface area contributed by atoms with Crippen LogP contribution in [0.25, 0.3) is 0 Å². The van der Waals surface area contributed by atoms with Crippen molar-refractivity contribution in [1.29, 1.82) is 0 Å². The Hall–Kier alpha value is -1.89. The molecule has 0 atom stereocenters. The van der Waals surface area contributed by atoms with Crippen molar-refractivity contribution in [1.82, 2.24) is 0 Å². The number of nitrogens with zero attached hydrogens (tertiary/aromatic N) is 1. The normalized spacial score (nSPS) is 7.86. The summed E-state index contributed by atoms with van der Waals surface area (Å²) in [6.07, 6.45) is 8.11. The van der Waals surface area contributed by atoms with Crippen molar-refractivity contribution in [3.8, 4) is 0 Å². The molecule has 0 aliphatic carbocycles. The van der Waals surface area contributed by atoms with E-state index in [2.05, 4.69) is 23.9 Å². The molecule has 118 valence electrons. The van der Waals surface area contributed by atoms with Gasteiger partial charge in [-0.3, -0.25) is 0 Å². The lowest BCUT2D eigenvalue weighted by Crippen LogP contribution is -2.30. The van der Waals surface area contributed by atoms with Gasteiger partial charge in [-0.15, -0.1) is 0 Å². The van der Waals surface area contributed by atoms with Crippen molar-refractivity contribution >= 4 is 0 Å². The lowest BCUT2D eigenvalue weighted by atomic mass is 10.4. The summed E-state index contributed by atoms with van der Waals surface area (Å²) in [6.45, 7) is 11.2. The van der Waals surface area contributed by atoms with Crippen LogP contribution in [-0.4, -0.2) is 0 Å². The van der Waals surface area contributed by atoms with Crippen molar-refractivity contribution < 1.29 is 4.57 Å². The highest BCUT2D eigenvalue weighted by molar-refractivity contribution is 4.99. The standard InChI is InChI=1S/C7H10N.C6H6.C4H8.C2H6.CH3/c1-2-8-6-4-3-5-7-8;1-2-4-6-5-3-1;1-3-4-2;1-2;/h3-7H,2H2,1H3;1-6H;3-4H,1-2H3;1-2H3;1H3/q+1;;;;-1/b;;4-3+;;. The fraction of sp³-hybridized carbons (Fsp3) is 0.300. The zero-order chi connectivity index (χ0) is 15.5. The molecule has 0 amide bonds. The van der Waals surface area contributed by atoms with Gasteiger partial charge >= 0.3 is 0 Å². The number of aryl methyl sites for hydroxylation is 1. The molecule has 0 N–H and O–H groups in total. The largest absolute Gasteiger partial charge is 0.358 e. The first-order valence-electron chi connectivity index (χ1n) is 7.36. The second-order valence-corrected chi connectivity index (χ2v) is 3.53. The topological polar surface area (TPSA) is 3.88 Å². The number of rotatable bonds is 1. The van der Waals surface area contributed by atoms with Crippen LogP contribution in [0.4, 0.5) is 0 Å². The van der Waals surface area contributed by atoms with E-state index in [9.17, 15) is 0 Å². The van der Waals surface area contributed by atoms with E-state index in [0.29, 0.717) is 0 Å². The van der Waals surface area contributed by atoms with E-state index in [0.717, 1.165) is 6.54 Å². The molecule has 0 bridgehead atoms. The SMILES string of the molecule is C/C=C/C.CC.CC[n+]1ccccc1.[CH3-].c1ccccc1. The minimum atomic E-state index is 0. The summed E-state index contributed by atoms with van der Waals surface area (Å²) in [5.41, 5.74) is 0. The quantitative estimate of drug-likeness (QED) is 0.358. The van der Waals surface area contributed by atoms with Gasteiger partial charge < -0.3 is 7.43 Å². The molecule has 1 aromatic heterocycles. The molecule has 0 saturated heterocycles. The molecule has 0 fully saturated rings. The van der Waals surface area contributed by atoms with E-state index in [4.69, 9.17) is 0 Å². The third kappa shape index (κ3) is 20.6. The van der Waals surface area contributed by atoms with Crippen LogP contribution in [0.15, 0.2) is 79.1 Å². The van der Waals surface area contributed by atoms with E-state index in [1.807, 2.05) is 94.4 Å². The predicted molar refractivity (Wildman–Crippen MR) is 97.0 cm³/mol. The first-order chi connectivity index (χ1) is 9.85. The summed E-state index contributed by atoms with van der Waals surface area (Å²) in [7, 11) is 0. The van der Waals surface area contributed by atoms with Crippen LogP contribution in [0, 0.1) is 7.43 Å². The molecule has 0 radical (unpaired) electrons. The Morgan fingerprint density at radius 2 is 0.952 bits per heavy atom. The number of aromatic nitrogens is 1. The van der Waals surface area contributed by atoms with E-state index < -0.39 is 0 Å². The number of allylic oxidation sites excluding steroid dienone is 2. The number of benzene rings is 1. The Labute approximate surface area is 133 Å². The Bertz CT molecular complexity index is 348. The van der Waals surface area contributed by atoms with Gasteiger partial charge in [-0.05, 0) is 20.8 Å².